The van der Waals surface area contributed by atoms with E-state index in [0.717, 1.165) is 58.3 Å². The highest BCUT2D eigenvalue weighted by Crippen LogP contribution is 2.25. The molecule has 0 N–H and O–H groups in total. The highest BCUT2D eigenvalue weighted by Gasteiger charge is 2.33. The van der Waals surface area contributed by atoms with E-state index in [1.54, 1.807) is 11.9 Å². The second-order valence-electron chi connectivity index (χ2n) is 7.57. The summed E-state index contributed by atoms with van der Waals surface area (Å²) in [5.41, 5.74) is 0. The highest BCUT2D eigenvalue weighted by molar-refractivity contribution is 5.87. The number of amides is 3. The molecule has 0 unspecified atom stereocenters. The van der Waals surface area contributed by atoms with Crippen molar-refractivity contribution in [2.45, 2.75) is 44.9 Å². The fraction of sp³-hybridized carbons (Fsp3) is 0.833. The lowest BCUT2D eigenvalue weighted by Crippen LogP contribution is -2.48. The van der Waals surface area contributed by atoms with Crippen LogP contribution < -0.4 is 0 Å². The molecule has 134 valence electrons. The van der Waals surface area contributed by atoms with Crippen LogP contribution >= 0.6 is 0 Å². The number of carbonyl (C=O) groups excluding carboxylic acids is 3. The first kappa shape index (κ1) is 17.2. The Hall–Kier alpha value is -1.59. The molecule has 3 amide bonds. The third-order valence-corrected chi connectivity index (χ3v) is 5.84. The van der Waals surface area contributed by atoms with Crippen LogP contribution in [0.2, 0.25) is 0 Å². The van der Waals surface area contributed by atoms with Gasteiger partial charge in [0.15, 0.2) is 0 Å². The average Bonchev–Trinajstić information content (AvgIpc) is 2.59. The van der Waals surface area contributed by atoms with Gasteiger partial charge in [0.05, 0.1) is 0 Å². The van der Waals surface area contributed by atoms with Crippen molar-refractivity contribution >= 4 is 17.7 Å². The monoisotopic (exact) mass is 335 g/mol. The number of nitrogens with zero attached hydrogens (tertiary/aromatic N) is 3. The SMILES string of the molecule is CN1CC[C@@H](C(=O)N2CCC(CN3CCCCC3=O)CC2)CC1=O. The maximum atomic E-state index is 12.6. The molecule has 0 saturated carbocycles. The van der Waals surface area contributed by atoms with Gasteiger partial charge in [-0.3, -0.25) is 14.4 Å². The topological polar surface area (TPSA) is 60.9 Å². The fourth-order valence-corrected chi connectivity index (χ4v) is 4.11. The number of hydrogen-bond acceptors (Lipinski definition) is 3. The predicted octanol–water partition coefficient (Wildman–Crippen LogP) is 1.11. The Morgan fingerprint density at radius 1 is 1.00 bits per heavy atom. The molecule has 0 bridgehead atoms. The summed E-state index contributed by atoms with van der Waals surface area (Å²) in [7, 11) is 1.80. The van der Waals surface area contributed by atoms with E-state index in [4.69, 9.17) is 0 Å². The molecule has 0 spiro atoms. The maximum Gasteiger partial charge on any atom is 0.226 e. The summed E-state index contributed by atoms with van der Waals surface area (Å²) in [6, 6.07) is 0. The van der Waals surface area contributed by atoms with E-state index in [1.165, 1.54) is 0 Å². The molecule has 0 aromatic heterocycles. The van der Waals surface area contributed by atoms with E-state index in [0.29, 0.717) is 31.2 Å². The van der Waals surface area contributed by atoms with Crippen LogP contribution in [0.15, 0.2) is 0 Å². The van der Waals surface area contributed by atoms with Crippen molar-refractivity contribution in [2.24, 2.45) is 11.8 Å². The summed E-state index contributed by atoms with van der Waals surface area (Å²) in [6.45, 7) is 3.98. The standard InChI is InChI=1S/C18H29N3O3/c1-19-9-7-15(12-17(19)23)18(24)20-10-5-14(6-11-20)13-21-8-3-2-4-16(21)22/h14-15H,2-13H2,1H3/t15-/m1/s1. The first-order valence-electron chi connectivity index (χ1n) is 9.35. The van der Waals surface area contributed by atoms with Gasteiger partial charge in [0, 0.05) is 58.5 Å². The molecule has 3 saturated heterocycles. The van der Waals surface area contributed by atoms with Crippen LogP contribution in [0.1, 0.15) is 44.9 Å². The Kier molecular flexibility index (Phi) is 5.41. The summed E-state index contributed by atoms with van der Waals surface area (Å²) in [4.78, 5) is 42.1. The van der Waals surface area contributed by atoms with Gasteiger partial charge >= 0.3 is 0 Å². The van der Waals surface area contributed by atoms with Crippen molar-refractivity contribution in [3.63, 3.8) is 0 Å². The van der Waals surface area contributed by atoms with Gasteiger partial charge in [0.25, 0.3) is 0 Å². The Morgan fingerprint density at radius 3 is 2.42 bits per heavy atom. The number of piperidine rings is 3. The fourth-order valence-electron chi connectivity index (χ4n) is 4.11. The van der Waals surface area contributed by atoms with Gasteiger partial charge in [-0.15, -0.1) is 0 Å². The highest BCUT2D eigenvalue weighted by atomic mass is 16.2. The molecule has 0 aromatic rings. The van der Waals surface area contributed by atoms with E-state index in [1.807, 2.05) is 9.80 Å². The van der Waals surface area contributed by atoms with Crippen molar-refractivity contribution in [3.05, 3.63) is 0 Å². The molecule has 0 radical (unpaired) electrons. The zero-order valence-electron chi connectivity index (χ0n) is 14.7. The maximum absolute atomic E-state index is 12.6. The first-order valence-corrected chi connectivity index (χ1v) is 9.35. The molecular weight excluding hydrogens is 306 g/mol. The van der Waals surface area contributed by atoms with Crippen LogP contribution in [0.5, 0.6) is 0 Å². The molecule has 3 fully saturated rings. The van der Waals surface area contributed by atoms with Crippen molar-refractivity contribution in [2.75, 3.05) is 39.8 Å². The third-order valence-electron chi connectivity index (χ3n) is 5.84. The normalized spacial score (nSPS) is 26.9. The van der Waals surface area contributed by atoms with Gasteiger partial charge in [0.1, 0.15) is 0 Å². The van der Waals surface area contributed by atoms with E-state index in [-0.39, 0.29) is 17.7 Å². The first-order chi connectivity index (χ1) is 11.5. The van der Waals surface area contributed by atoms with Crippen LogP contribution in [-0.2, 0) is 14.4 Å². The van der Waals surface area contributed by atoms with Crippen molar-refractivity contribution in [1.29, 1.82) is 0 Å². The second-order valence-corrected chi connectivity index (χ2v) is 7.57. The van der Waals surface area contributed by atoms with Crippen LogP contribution in [0, 0.1) is 11.8 Å². The Balaban J connectivity index is 1.45. The van der Waals surface area contributed by atoms with Crippen LogP contribution in [0.3, 0.4) is 0 Å². The van der Waals surface area contributed by atoms with E-state index in [2.05, 4.69) is 0 Å². The minimum Gasteiger partial charge on any atom is -0.346 e. The van der Waals surface area contributed by atoms with Gasteiger partial charge in [-0.1, -0.05) is 0 Å². The predicted molar refractivity (Wildman–Crippen MR) is 90.1 cm³/mol. The molecule has 3 aliphatic rings. The minimum atomic E-state index is -0.131. The summed E-state index contributed by atoms with van der Waals surface area (Å²) >= 11 is 0. The zero-order chi connectivity index (χ0) is 17.1. The summed E-state index contributed by atoms with van der Waals surface area (Å²) < 4.78 is 0. The molecule has 3 aliphatic heterocycles. The lowest BCUT2D eigenvalue weighted by Gasteiger charge is -2.38. The van der Waals surface area contributed by atoms with Crippen LogP contribution in [0.25, 0.3) is 0 Å². The molecule has 1 atom stereocenters. The zero-order valence-corrected chi connectivity index (χ0v) is 14.7. The molecule has 24 heavy (non-hydrogen) atoms. The van der Waals surface area contributed by atoms with Gasteiger partial charge < -0.3 is 14.7 Å². The van der Waals surface area contributed by atoms with Gasteiger partial charge in [-0.05, 0) is 38.0 Å². The van der Waals surface area contributed by atoms with Crippen LogP contribution in [-0.4, -0.2) is 72.2 Å². The molecule has 3 heterocycles. The molecule has 0 aliphatic carbocycles. The Morgan fingerprint density at radius 2 is 1.75 bits per heavy atom. The molecular formula is C18H29N3O3. The summed E-state index contributed by atoms with van der Waals surface area (Å²) in [5.74, 6) is 0.913. The summed E-state index contributed by atoms with van der Waals surface area (Å²) in [6.07, 6.45) is 5.92. The molecule has 0 aromatic carbocycles. The smallest absolute Gasteiger partial charge is 0.226 e. The number of carbonyl (C=O) groups is 3. The third kappa shape index (κ3) is 3.90. The van der Waals surface area contributed by atoms with Crippen molar-refractivity contribution in [1.82, 2.24) is 14.7 Å². The number of likely N-dealkylation sites (tertiary alicyclic amines) is 3. The largest absolute Gasteiger partial charge is 0.346 e. The number of rotatable bonds is 3. The van der Waals surface area contributed by atoms with Gasteiger partial charge in [-0.25, -0.2) is 0 Å². The van der Waals surface area contributed by atoms with Crippen molar-refractivity contribution in [3.8, 4) is 0 Å². The molecule has 6 heteroatoms. The van der Waals surface area contributed by atoms with E-state index < -0.39 is 0 Å². The molecule has 3 rings (SSSR count). The lowest BCUT2D eigenvalue weighted by molar-refractivity contribution is -0.145. The Labute approximate surface area is 144 Å². The number of hydrogen-bond donors (Lipinski definition) is 0. The Bertz CT molecular complexity index is 500. The van der Waals surface area contributed by atoms with E-state index in [9.17, 15) is 14.4 Å². The quantitative estimate of drug-likeness (QED) is 0.776. The van der Waals surface area contributed by atoms with Crippen LogP contribution in [0.4, 0.5) is 0 Å². The molecule has 6 nitrogen and oxygen atoms in total. The average molecular weight is 335 g/mol. The van der Waals surface area contributed by atoms with Crippen molar-refractivity contribution < 1.29 is 14.4 Å². The summed E-state index contributed by atoms with van der Waals surface area (Å²) in [5, 5.41) is 0. The van der Waals surface area contributed by atoms with E-state index >= 15 is 0 Å². The minimum absolute atomic E-state index is 0.0816. The second kappa shape index (κ2) is 7.53. The van der Waals surface area contributed by atoms with Gasteiger partial charge in [0.2, 0.25) is 17.7 Å². The van der Waals surface area contributed by atoms with Gasteiger partial charge in [-0.2, -0.15) is 0 Å². The lowest BCUT2D eigenvalue weighted by atomic mass is 9.91.